The zero-order chi connectivity index (χ0) is 94.3. The number of azide groups is 3. The van der Waals surface area contributed by atoms with E-state index >= 15 is 0 Å². The number of amides is 6. The number of carbonyl (C=O) groups is 14. The van der Waals surface area contributed by atoms with Gasteiger partial charge < -0.3 is 73.6 Å². The van der Waals surface area contributed by atoms with E-state index in [-0.39, 0.29) is 80.2 Å². The summed E-state index contributed by atoms with van der Waals surface area (Å²) >= 11 is 15.3. The predicted molar refractivity (Wildman–Crippen MR) is 429 cm³/mol. The molecule has 686 valence electrons. The molecule has 0 unspecified atom stereocenters. The first-order valence-corrected chi connectivity index (χ1v) is 40.9. The molecule has 0 radical (unpaired) electrons. The molecule has 128 heavy (non-hydrogen) atoms. The van der Waals surface area contributed by atoms with Crippen molar-refractivity contribution in [1.29, 1.82) is 0 Å². The van der Waals surface area contributed by atoms with E-state index in [2.05, 4.69) is 36.7 Å². The third kappa shape index (κ3) is 23.1. The number of ether oxygens (including phenoxy) is 8. The van der Waals surface area contributed by atoms with Gasteiger partial charge in [-0.1, -0.05) is 102 Å². The van der Waals surface area contributed by atoms with E-state index in [0.29, 0.717) is 4.43 Å². The van der Waals surface area contributed by atoms with Gasteiger partial charge in [-0.3, -0.25) is 86.9 Å². The van der Waals surface area contributed by atoms with E-state index in [0.717, 1.165) is 78.5 Å². The molecule has 44 nitrogen and oxygen atoms in total. The van der Waals surface area contributed by atoms with Crippen LogP contribution >= 0.6 is 68.4 Å². The molecule has 2 aromatic carbocycles. The monoisotopic (exact) mass is 2070 g/mol. The van der Waals surface area contributed by atoms with E-state index in [1.807, 2.05) is 22.6 Å². The van der Waals surface area contributed by atoms with Gasteiger partial charge in [0.1, 0.15) is 67.8 Å². The summed E-state index contributed by atoms with van der Waals surface area (Å²) in [5.74, 6) is -7.96. The normalized spacial score (nSPS) is 33.3. The maximum Gasteiger partial charge on any atom is 0.338 e. The number of carbonyl (C=O) groups excluding carboxylic acids is 14. The van der Waals surface area contributed by atoms with Crippen LogP contribution in [0.4, 0.5) is 26.3 Å². The Morgan fingerprint density at radius 3 is 1.01 bits per heavy atom. The summed E-state index contributed by atoms with van der Waals surface area (Å²) in [5.41, 5.74) is 19.6. The van der Waals surface area contributed by atoms with E-state index < -0.39 is 232 Å². The molecule has 7 N–H and O–H groups in total. The Bertz CT molecular complexity index is 4840. The number of hydrogen-bond acceptors (Lipinski definition) is 32. The molecule has 6 saturated heterocycles. The Labute approximate surface area is 752 Å². The van der Waals surface area contributed by atoms with Crippen LogP contribution in [0.1, 0.15) is 59.2 Å². The highest BCUT2D eigenvalue weighted by atomic mass is 127. The quantitative estimate of drug-likeness (QED) is 0.0164. The van der Waals surface area contributed by atoms with Crippen molar-refractivity contribution in [3.05, 3.63) is 187 Å². The summed E-state index contributed by atoms with van der Waals surface area (Å²) in [7, 11) is 0. The lowest BCUT2D eigenvalue weighted by Crippen LogP contribution is -2.45. The van der Waals surface area contributed by atoms with Gasteiger partial charge in [-0.2, -0.15) is 0 Å². The van der Waals surface area contributed by atoms with Gasteiger partial charge in [0.05, 0.1) is 56.3 Å². The Balaban J connectivity index is 0.000000176. The first-order chi connectivity index (χ1) is 60.6. The number of nitrogens with zero attached hydrogens (tertiary/aromatic N) is 15. The molecule has 23 atom stereocenters. The molecule has 14 rings (SSSR count). The minimum atomic E-state index is -2.41. The van der Waals surface area contributed by atoms with Gasteiger partial charge in [0.25, 0.3) is 0 Å². The summed E-state index contributed by atoms with van der Waals surface area (Å²) in [6.45, 7) is 0.954. The smallest absolute Gasteiger partial charge is 0.338 e. The minimum Gasteiger partial charge on any atom is -0.469 e. The van der Waals surface area contributed by atoms with Crippen LogP contribution in [0.2, 0.25) is 10.0 Å². The largest absolute Gasteiger partial charge is 0.469 e. The highest BCUT2D eigenvalue weighted by Crippen LogP contribution is 2.43. The molecule has 0 bridgehead atoms. The van der Waals surface area contributed by atoms with E-state index in [1.165, 1.54) is 73.1 Å². The lowest BCUT2D eigenvalue weighted by molar-refractivity contribution is -0.160. The predicted octanol–water partition coefficient (Wildman–Crippen LogP) is 3.29. The molecule has 0 aromatic heterocycles. The van der Waals surface area contributed by atoms with Gasteiger partial charge in [-0.05, 0) is 89.4 Å². The molecule has 12 aliphatic rings. The topological polar surface area (TPSA) is 620 Å². The molecule has 0 spiro atoms. The van der Waals surface area contributed by atoms with Crippen LogP contribution in [0.5, 0.6) is 0 Å². The first-order valence-electron chi connectivity index (χ1n) is 37.1. The molecule has 12 aliphatic heterocycles. The summed E-state index contributed by atoms with van der Waals surface area (Å²) in [6.07, 6.45) is -19.9. The number of rotatable bonds is 18. The van der Waals surface area contributed by atoms with Crippen molar-refractivity contribution in [2.24, 2.45) is 15.3 Å². The van der Waals surface area contributed by atoms with Crippen molar-refractivity contribution in [2.75, 3.05) is 28.7 Å². The first kappa shape index (κ1) is 101. The fourth-order valence-corrected chi connectivity index (χ4v) is 15.0. The second kappa shape index (κ2) is 44.1. The van der Waals surface area contributed by atoms with Gasteiger partial charge in [0, 0.05) is 70.8 Å². The van der Waals surface area contributed by atoms with Crippen molar-refractivity contribution in [3.8, 4) is 0 Å². The van der Waals surface area contributed by atoms with Crippen LogP contribution in [0, 0.1) is 0 Å². The minimum absolute atomic E-state index is 0.0335. The van der Waals surface area contributed by atoms with Crippen LogP contribution in [0.3, 0.4) is 0 Å². The van der Waals surface area contributed by atoms with Crippen LogP contribution in [-0.4, -0.2) is 316 Å². The Kier molecular flexibility index (Phi) is 34.8. The third-order valence-electron chi connectivity index (χ3n) is 19.7. The number of halogens is 10. The maximum absolute atomic E-state index is 14.9. The fraction of sp³-hybridized carbons (Fsp3) is 0.459. The summed E-state index contributed by atoms with van der Waals surface area (Å²) in [5, 5.41) is 78.2. The highest BCUT2D eigenvalue weighted by Gasteiger charge is 2.62. The van der Waals surface area contributed by atoms with Gasteiger partial charge in [0.15, 0.2) is 109 Å². The van der Waals surface area contributed by atoms with Gasteiger partial charge >= 0.3 is 11.9 Å². The zero-order valence-corrected chi connectivity index (χ0v) is 71.0. The maximum atomic E-state index is 14.9. The fourth-order valence-electron chi connectivity index (χ4n) is 13.2. The third-order valence-corrected chi connectivity index (χ3v) is 22.2. The van der Waals surface area contributed by atoms with Crippen molar-refractivity contribution >= 4 is 150 Å². The Morgan fingerprint density at radius 2 is 0.742 bits per heavy atom. The molecule has 0 aliphatic carbocycles. The van der Waals surface area contributed by atoms with Crippen LogP contribution < -0.4 is 0 Å². The molecule has 0 saturated carbocycles. The van der Waals surface area contributed by atoms with Crippen molar-refractivity contribution < 1.29 is 167 Å². The number of ketones is 6. The van der Waals surface area contributed by atoms with Crippen LogP contribution in [-0.2, 0) is 95.4 Å². The SMILES string of the molecule is C=C1O[C@@H](N2C=CC(=O)CC2=O)[C@H](O)[C@@H]1F.O=C1C=CN([C@@H]2O[C@H](CI)[C@@H](F)[C@H]2O)C(=O)C1.O=C1C=CN([C@@H]2O[C@H](CO)[C@@H](F)[C@H]2O)C(=O)C1.[N-]=[N+]=N[C@]1(CI)O[C@@H](N2C=CC(=O)CC2=O)[C@H](O)[C@@H]1F.[N-]=[N+]=N[C@]1(COC(=O)c2cccc(Cl)c2)O[C@@H](N2C=CC(=O)CC2=O)[C@H](O)[C@@H]1F.[N-]=[N+]=N[C@]1(COC(=O)c2cccc(Cl)c2)O[C@@H](N2C=CC(=O)CC2=O)[C@H](O)[C@@H]1F. The lowest BCUT2D eigenvalue weighted by Gasteiger charge is -2.30. The second-order valence-corrected chi connectivity index (χ2v) is 30.9. The molecule has 6 fully saturated rings. The number of esters is 2. The van der Waals surface area contributed by atoms with Crippen molar-refractivity contribution in [3.63, 3.8) is 0 Å². The standard InChI is InChI=1S/2C17H14ClFN4O6.C10H10FIN4O4.C10H11FINO4.C10H12FNO5.C10H10FNO4/c2*18-10-3-1-2-9(6-10)16(27)28-8-17(21-22-20)14(19)13(26)15(29-17)23-5-4-11(24)7-12(23)25;11-8-7(19)9(20-10(8,4-12)14-15-13)16-2-1-5(17)3-6(16)18;11-8-6(4-12)17-10(9(8)16)13-2-1-5(14)3-7(13)15;11-8-6(4-13)17-10(9(8)16)12-2-1-5(14)3-7(12)15;1-5-8(11)9(15)10(16-5)12-3-2-6(13)4-7(12)14/h2*1-6,13-15,26H,7-8H2;1-2,7-9,19H,3-4H2;1-2,6,8-10,16H,3-4H2;1-2,6,8-10,13,16H,3-4H2;2-3,8-10,15H,1,4H2/t2*13-,14+,15-,17-;7-,8+,9-,10-;2*6-,8-,9-,10-;8-,9-,10-/m111111/s1. The molecule has 12 heterocycles. The van der Waals surface area contributed by atoms with E-state index in [9.17, 15) is 124 Å². The van der Waals surface area contributed by atoms with E-state index in [1.54, 1.807) is 22.6 Å². The van der Waals surface area contributed by atoms with Gasteiger partial charge in [-0.25, -0.2) is 35.9 Å². The molecule has 2 aromatic rings. The van der Waals surface area contributed by atoms with Crippen LogP contribution in [0.15, 0.2) is 150 Å². The number of aliphatic hydroxyl groups excluding tert-OH is 7. The number of benzene rings is 2. The average molecular weight is 2070 g/mol. The average Bonchev–Trinajstić information content (AvgIpc) is 1.63. The molecular formula is C74H71Cl2F6I2N15O29. The van der Waals surface area contributed by atoms with E-state index in [4.69, 9.17) is 82.8 Å². The number of hydrogen-bond donors (Lipinski definition) is 7. The number of allylic oxidation sites excluding steroid dienone is 6. The molecular weight excluding hydrogens is 2000 g/mol. The Morgan fingerprint density at radius 1 is 0.453 bits per heavy atom. The van der Waals surface area contributed by atoms with Gasteiger partial charge in [0.2, 0.25) is 53.1 Å². The lowest BCUT2D eigenvalue weighted by atomic mass is 10.1. The molecule has 6 amide bonds. The van der Waals surface area contributed by atoms with Crippen molar-refractivity contribution in [2.45, 2.75) is 179 Å². The Hall–Kier alpha value is -10.7. The zero-order valence-electron chi connectivity index (χ0n) is 65.2. The number of aliphatic hydroxyl groups is 7. The summed E-state index contributed by atoms with van der Waals surface area (Å²) in [4.78, 5) is 175. The second-order valence-electron chi connectivity index (χ2n) is 28.4. The van der Waals surface area contributed by atoms with Crippen LogP contribution in [0.25, 0.3) is 31.3 Å². The summed E-state index contributed by atoms with van der Waals surface area (Å²) in [6, 6.07) is 11.5. The summed E-state index contributed by atoms with van der Waals surface area (Å²) < 4.78 is 126. The number of alkyl halides is 8. The van der Waals surface area contributed by atoms with Gasteiger partial charge in [-0.15, -0.1) is 0 Å². The highest BCUT2D eigenvalue weighted by molar-refractivity contribution is 14.1. The van der Waals surface area contributed by atoms with Crippen molar-refractivity contribution in [1.82, 2.24) is 29.4 Å². The molecule has 54 heteroatoms.